The summed E-state index contributed by atoms with van der Waals surface area (Å²) in [4.78, 5) is 36.5. The van der Waals surface area contributed by atoms with Gasteiger partial charge in [0.05, 0.1) is 13.0 Å². The molecule has 0 aromatic heterocycles. The highest BCUT2D eigenvalue weighted by atomic mass is 16.5. The molecule has 0 aliphatic carbocycles. The maximum atomic E-state index is 12.0. The van der Waals surface area contributed by atoms with Gasteiger partial charge < -0.3 is 15.0 Å². The number of hydrogen-bond donors (Lipinski definition) is 1. The molecule has 0 saturated carbocycles. The Morgan fingerprint density at radius 2 is 1.89 bits per heavy atom. The summed E-state index contributed by atoms with van der Waals surface area (Å²) in [6.45, 7) is 5.87. The number of esters is 1. The van der Waals surface area contributed by atoms with Gasteiger partial charge in [-0.3, -0.25) is 14.4 Å². The van der Waals surface area contributed by atoms with Crippen molar-refractivity contribution in [3.05, 3.63) is 0 Å². The lowest BCUT2D eigenvalue weighted by Crippen LogP contribution is -2.54. The number of nitrogens with zero attached hydrogens (tertiary/aromatic N) is 1. The molecule has 1 saturated heterocycles. The average Bonchev–Trinajstić information content (AvgIpc) is 2.35. The number of amides is 2. The number of likely N-dealkylation sites (tertiary alicyclic amines) is 1. The first-order valence-corrected chi connectivity index (χ1v) is 6.48. The smallest absolute Gasteiger partial charge is 0.310 e. The highest BCUT2D eigenvalue weighted by Gasteiger charge is 2.35. The Bertz CT molecular complexity index is 368. The van der Waals surface area contributed by atoms with Gasteiger partial charge in [-0.2, -0.15) is 0 Å². The van der Waals surface area contributed by atoms with Gasteiger partial charge in [-0.1, -0.05) is 13.8 Å². The third kappa shape index (κ3) is 4.22. The fraction of sp³-hybridized carbons (Fsp3) is 0.769. The fourth-order valence-corrected chi connectivity index (χ4v) is 2.37. The van der Waals surface area contributed by atoms with Crippen LogP contribution >= 0.6 is 0 Å². The normalized spacial score (nSPS) is 23.1. The molecule has 0 aromatic carbocycles. The molecule has 1 fully saturated rings. The predicted molar refractivity (Wildman–Crippen MR) is 69.1 cm³/mol. The zero-order valence-corrected chi connectivity index (χ0v) is 11.9. The van der Waals surface area contributed by atoms with Gasteiger partial charge in [-0.15, -0.1) is 0 Å². The van der Waals surface area contributed by atoms with Crippen LogP contribution in [-0.2, 0) is 19.1 Å². The van der Waals surface area contributed by atoms with Crippen molar-refractivity contribution in [3.63, 3.8) is 0 Å². The Labute approximate surface area is 113 Å². The molecule has 19 heavy (non-hydrogen) atoms. The zero-order chi connectivity index (χ0) is 14.6. The van der Waals surface area contributed by atoms with E-state index in [1.54, 1.807) is 4.90 Å². The first kappa shape index (κ1) is 15.5. The molecule has 1 rings (SSSR count). The molecule has 1 aliphatic heterocycles. The predicted octanol–water partition coefficient (Wildman–Crippen LogP) is 0.169. The molecule has 1 heterocycles. The molecule has 1 N–H and O–H groups in total. The van der Waals surface area contributed by atoms with Gasteiger partial charge in [0.2, 0.25) is 11.8 Å². The Hall–Kier alpha value is -1.59. The van der Waals surface area contributed by atoms with Crippen LogP contribution < -0.4 is 5.32 Å². The fourth-order valence-electron chi connectivity index (χ4n) is 2.37. The van der Waals surface area contributed by atoms with E-state index < -0.39 is 0 Å². The van der Waals surface area contributed by atoms with Crippen molar-refractivity contribution in [3.8, 4) is 0 Å². The number of rotatable bonds is 3. The summed E-state index contributed by atoms with van der Waals surface area (Å²) in [6.07, 6.45) is 0.508. The maximum Gasteiger partial charge on any atom is 0.310 e. The van der Waals surface area contributed by atoms with E-state index in [0.29, 0.717) is 19.5 Å². The van der Waals surface area contributed by atoms with Crippen molar-refractivity contribution in [1.82, 2.24) is 10.2 Å². The molecule has 0 bridgehead atoms. The van der Waals surface area contributed by atoms with Crippen molar-refractivity contribution >= 4 is 17.8 Å². The second-order valence-electron chi connectivity index (χ2n) is 5.25. The van der Waals surface area contributed by atoms with Crippen molar-refractivity contribution in [2.75, 3.05) is 20.2 Å². The quantitative estimate of drug-likeness (QED) is 0.742. The minimum Gasteiger partial charge on any atom is -0.469 e. The third-order valence-corrected chi connectivity index (χ3v) is 3.20. The van der Waals surface area contributed by atoms with Gasteiger partial charge in [0.25, 0.3) is 0 Å². The van der Waals surface area contributed by atoms with Crippen LogP contribution in [-0.4, -0.2) is 48.9 Å². The van der Waals surface area contributed by atoms with Crippen LogP contribution in [0.15, 0.2) is 0 Å². The molecular formula is C13H22N2O4. The number of carbonyl (C=O) groups excluding carboxylic acids is 3. The van der Waals surface area contributed by atoms with E-state index in [0.717, 1.165) is 0 Å². The van der Waals surface area contributed by atoms with Crippen LogP contribution in [0.1, 0.15) is 27.2 Å². The minimum atomic E-state index is -0.377. The SMILES string of the molecule is COC(=O)C1CC(NC(C)=O)CN(C(=O)C(C)C)C1. The molecule has 0 spiro atoms. The molecule has 6 nitrogen and oxygen atoms in total. The average molecular weight is 270 g/mol. The maximum absolute atomic E-state index is 12.0. The summed E-state index contributed by atoms with van der Waals surface area (Å²) in [6, 6.07) is -0.196. The van der Waals surface area contributed by atoms with E-state index in [9.17, 15) is 14.4 Å². The van der Waals surface area contributed by atoms with Gasteiger partial charge in [0.15, 0.2) is 0 Å². The largest absolute Gasteiger partial charge is 0.469 e. The Balaban J connectivity index is 2.79. The molecule has 1 aliphatic rings. The molecule has 6 heteroatoms. The van der Waals surface area contributed by atoms with Crippen molar-refractivity contribution in [2.24, 2.45) is 11.8 Å². The summed E-state index contributed by atoms with van der Waals surface area (Å²) in [5, 5.41) is 2.77. The zero-order valence-electron chi connectivity index (χ0n) is 11.9. The minimum absolute atomic E-state index is 0.0102. The van der Waals surface area contributed by atoms with Gasteiger partial charge in [0, 0.05) is 32.0 Å². The first-order chi connectivity index (χ1) is 8.85. The number of ether oxygens (including phenoxy) is 1. The number of hydrogen-bond acceptors (Lipinski definition) is 4. The Kier molecular flexibility index (Phi) is 5.32. The summed E-state index contributed by atoms with van der Waals surface area (Å²) < 4.78 is 4.74. The summed E-state index contributed by atoms with van der Waals surface area (Å²) >= 11 is 0. The molecule has 2 atom stereocenters. The van der Waals surface area contributed by atoms with Gasteiger partial charge in [0.1, 0.15) is 0 Å². The van der Waals surface area contributed by atoms with Crippen molar-refractivity contribution in [1.29, 1.82) is 0 Å². The summed E-state index contributed by atoms with van der Waals surface area (Å²) in [5.74, 6) is -1.01. The van der Waals surface area contributed by atoms with Crippen LogP contribution in [0, 0.1) is 11.8 Å². The van der Waals surface area contributed by atoms with Crippen LogP contribution in [0.3, 0.4) is 0 Å². The lowest BCUT2D eigenvalue weighted by molar-refractivity contribution is -0.150. The lowest BCUT2D eigenvalue weighted by atomic mass is 9.93. The lowest BCUT2D eigenvalue weighted by Gasteiger charge is -2.37. The van der Waals surface area contributed by atoms with Crippen molar-refractivity contribution in [2.45, 2.75) is 33.2 Å². The molecule has 2 amide bonds. The number of carbonyl (C=O) groups is 3. The number of nitrogens with one attached hydrogen (secondary N) is 1. The van der Waals surface area contributed by atoms with Crippen LogP contribution in [0.5, 0.6) is 0 Å². The van der Waals surface area contributed by atoms with E-state index in [1.807, 2.05) is 13.8 Å². The van der Waals surface area contributed by atoms with Crippen LogP contribution in [0.2, 0.25) is 0 Å². The van der Waals surface area contributed by atoms with E-state index >= 15 is 0 Å². The Morgan fingerprint density at radius 1 is 1.26 bits per heavy atom. The van der Waals surface area contributed by atoms with Crippen LogP contribution in [0.25, 0.3) is 0 Å². The van der Waals surface area contributed by atoms with Gasteiger partial charge >= 0.3 is 5.97 Å². The summed E-state index contributed by atoms with van der Waals surface area (Å²) in [5.41, 5.74) is 0. The third-order valence-electron chi connectivity index (χ3n) is 3.20. The first-order valence-electron chi connectivity index (χ1n) is 6.48. The van der Waals surface area contributed by atoms with E-state index in [2.05, 4.69) is 5.32 Å². The second-order valence-corrected chi connectivity index (χ2v) is 5.25. The van der Waals surface area contributed by atoms with Crippen molar-refractivity contribution < 1.29 is 19.1 Å². The van der Waals surface area contributed by atoms with E-state index in [1.165, 1.54) is 14.0 Å². The topological polar surface area (TPSA) is 75.7 Å². The molecule has 0 aromatic rings. The van der Waals surface area contributed by atoms with Gasteiger partial charge in [-0.25, -0.2) is 0 Å². The number of piperidine rings is 1. The molecule has 2 unspecified atom stereocenters. The monoisotopic (exact) mass is 270 g/mol. The standard InChI is InChI=1S/C13H22N2O4/c1-8(2)12(17)15-6-10(13(18)19-4)5-11(7-15)14-9(3)16/h8,10-11H,5-7H2,1-4H3,(H,14,16). The highest BCUT2D eigenvalue weighted by molar-refractivity contribution is 5.80. The number of methoxy groups -OCH3 is 1. The Morgan fingerprint density at radius 3 is 2.37 bits per heavy atom. The highest BCUT2D eigenvalue weighted by Crippen LogP contribution is 2.20. The second kappa shape index (κ2) is 6.54. The summed E-state index contributed by atoms with van der Waals surface area (Å²) in [7, 11) is 1.33. The molecule has 108 valence electrons. The van der Waals surface area contributed by atoms with E-state index in [-0.39, 0.29) is 35.7 Å². The van der Waals surface area contributed by atoms with Crippen LogP contribution in [0.4, 0.5) is 0 Å². The molecule has 0 radical (unpaired) electrons. The van der Waals surface area contributed by atoms with E-state index in [4.69, 9.17) is 4.74 Å². The molecular weight excluding hydrogens is 248 g/mol. The van der Waals surface area contributed by atoms with Gasteiger partial charge in [-0.05, 0) is 6.42 Å².